The molecule has 1 N–H and O–H groups in total. The molecule has 0 aromatic heterocycles. The van der Waals surface area contributed by atoms with Crippen LogP contribution in [0.15, 0.2) is 72.8 Å². The van der Waals surface area contributed by atoms with Gasteiger partial charge in [0.05, 0.1) is 6.10 Å². The molecule has 1 unspecified atom stereocenters. The molecule has 122 valence electrons. The van der Waals surface area contributed by atoms with Crippen molar-refractivity contribution in [2.75, 3.05) is 0 Å². The highest BCUT2D eigenvalue weighted by atomic mass is 28.3. The predicted octanol–water partition coefficient (Wildman–Crippen LogP) is 3.99. The Bertz CT molecular complexity index is 599. The van der Waals surface area contributed by atoms with Gasteiger partial charge in [0, 0.05) is 0 Å². The van der Waals surface area contributed by atoms with Gasteiger partial charge in [0.15, 0.2) is 0 Å². The molecular weight excluding hydrogens is 296 g/mol. The van der Waals surface area contributed by atoms with E-state index in [2.05, 4.69) is 88.0 Å². The van der Waals surface area contributed by atoms with Gasteiger partial charge in [-0.25, -0.2) is 0 Å². The molecule has 0 spiro atoms. The first-order valence-electron chi connectivity index (χ1n) is 8.26. The van der Waals surface area contributed by atoms with E-state index in [0.29, 0.717) is 0 Å². The molecular formula is C21H28OSi. The summed E-state index contributed by atoms with van der Waals surface area (Å²) in [6.07, 6.45) is -0.475. The summed E-state index contributed by atoms with van der Waals surface area (Å²) in [5.41, 5.74) is 0.930. The van der Waals surface area contributed by atoms with E-state index >= 15 is 0 Å². The summed E-state index contributed by atoms with van der Waals surface area (Å²) in [7, 11) is -2.13. The first-order valence-corrected chi connectivity index (χ1v) is 10.5. The minimum Gasteiger partial charge on any atom is -0.389 e. The zero-order chi connectivity index (χ0) is 17.1. The van der Waals surface area contributed by atoms with Crippen LogP contribution in [0.5, 0.6) is 0 Å². The average Bonchev–Trinajstić information content (AvgIpc) is 2.52. The van der Waals surface area contributed by atoms with Gasteiger partial charge >= 0.3 is 0 Å². The van der Waals surface area contributed by atoms with Crippen LogP contribution < -0.4 is 10.4 Å². The maximum Gasteiger partial charge on any atom is 0.127 e. The van der Waals surface area contributed by atoms with E-state index in [-0.39, 0.29) is 5.04 Å². The molecule has 0 amide bonds. The molecule has 2 rings (SSSR count). The lowest BCUT2D eigenvalue weighted by Gasteiger charge is -2.45. The second-order valence-electron chi connectivity index (χ2n) is 7.40. The molecule has 2 aromatic rings. The molecule has 2 heteroatoms. The quantitative estimate of drug-likeness (QED) is 0.651. The van der Waals surface area contributed by atoms with E-state index in [9.17, 15) is 5.11 Å². The molecule has 0 heterocycles. The number of hydrogen-bond donors (Lipinski definition) is 1. The van der Waals surface area contributed by atoms with Crippen LogP contribution in [0.25, 0.3) is 0 Å². The fraction of sp³-hybridized carbons (Fsp3) is 0.333. The van der Waals surface area contributed by atoms with Crippen LogP contribution in [0.4, 0.5) is 0 Å². The van der Waals surface area contributed by atoms with Crippen LogP contribution in [0, 0.1) is 0 Å². The highest BCUT2D eigenvalue weighted by Gasteiger charge is 2.47. The molecule has 0 aliphatic heterocycles. The summed E-state index contributed by atoms with van der Waals surface area (Å²) >= 11 is 0. The Morgan fingerprint density at radius 1 is 0.957 bits per heavy atom. The van der Waals surface area contributed by atoms with Gasteiger partial charge in [-0.05, 0) is 18.0 Å². The van der Waals surface area contributed by atoms with E-state index in [1.807, 2.05) is 6.92 Å². The van der Waals surface area contributed by atoms with E-state index in [4.69, 9.17) is 0 Å². The van der Waals surface area contributed by atoms with E-state index in [1.54, 1.807) is 0 Å². The van der Waals surface area contributed by atoms with E-state index in [1.165, 1.54) is 10.4 Å². The lowest BCUT2D eigenvalue weighted by atomic mass is 10.2. The number of aliphatic hydroxyl groups excluding tert-OH is 1. The van der Waals surface area contributed by atoms with Gasteiger partial charge in [-0.15, -0.1) is 0 Å². The average molecular weight is 325 g/mol. The molecule has 0 bridgehead atoms. The molecule has 0 saturated carbocycles. The van der Waals surface area contributed by atoms with Crippen molar-refractivity contribution in [1.82, 2.24) is 0 Å². The zero-order valence-corrected chi connectivity index (χ0v) is 15.7. The first kappa shape index (κ1) is 17.7. The third-order valence-corrected chi connectivity index (χ3v) is 11.1. The highest BCUT2D eigenvalue weighted by molar-refractivity contribution is 7.04. The van der Waals surface area contributed by atoms with Gasteiger partial charge in [-0.2, -0.15) is 0 Å². The predicted molar refractivity (Wildman–Crippen MR) is 103 cm³/mol. The molecule has 0 fully saturated rings. The summed E-state index contributed by atoms with van der Waals surface area (Å²) in [6, 6.07) is 22.5. The minimum absolute atomic E-state index is 0.105. The maximum absolute atomic E-state index is 10.1. The Balaban J connectivity index is 2.72. The summed E-state index contributed by atoms with van der Waals surface area (Å²) in [4.78, 5) is 0. The van der Waals surface area contributed by atoms with Crippen molar-refractivity contribution < 1.29 is 5.11 Å². The van der Waals surface area contributed by atoms with E-state index < -0.39 is 14.2 Å². The van der Waals surface area contributed by atoms with Crippen LogP contribution in [-0.2, 0) is 0 Å². The van der Waals surface area contributed by atoms with Crippen LogP contribution in [0.1, 0.15) is 27.7 Å². The standard InChI is InChI=1S/C21H28OSi/c1-17(18(2)22)16-23(21(3,4)5,19-12-8-6-9-13-19)20-14-10-7-11-15-20/h6-15,18,22H,1,16H2,2-5H3. The zero-order valence-electron chi connectivity index (χ0n) is 14.7. The van der Waals surface area contributed by atoms with Crippen molar-refractivity contribution in [2.45, 2.75) is 44.9 Å². The van der Waals surface area contributed by atoms with Crippen molar-refractivity contribution in [2.24, 2.45) is 0 Å². The Morgan fingerprint density at radius 3 is 1.65 bits per heavy atom. The largest absolute Gasteiger partial charge is 0.389 e. The smallest absolute Gasteiger partial charge is 0.127 e. The van der Waals surface area contributed by atoms with Crippen LogP contribution >= 0.6 is 0 Å². The lowest BCUT2D eigenvalue weighted by molar-refractivity contribution is 0.232. The van der Waals surface area contributed by atoms with Crippen molar-refractivity contribution >= 4 is 18.4 Å². The van der Waals surface area contributed by atoms with Gasteiger partial charge in [0.1, 0.15) is 8.07 Å². The maximum atomic E-state index is 10.1. The molecule has 0 aliphatic rings. The van der Waals surface area contributed by atoms with Crippen LogP contribution in [0.2, 0.25) is 11.1 Å². The Kier molecular flexibility index (Phi) is 5.28. The number of rotatable bonds is 5. The fourth-order valence-electron chi connectivity index (χ4n) is 3.44. The lowest BCUT2D eigenvalue weighted by Crippen LogP contribution is -2.64. The second kappa shape index (κ2) is 6.86. The third-order valence-electron chi connectivity index (χ3n) is 4.90. The van der Waals surface area contributed by atoms with Gasteiger partial charge in [-0.1, -0.05) is 104 Å². The van der Waals surface area contributed by atoms with Crippen molar-refractivity contribution in [3.8, 4) is 0 Å². The molecule has 0 aliphatic carbocycles. The van der Waals surface area contributed by atoms with Gasteiger partial charge in [-0.3, -0.25) is 0 Å². The SMILES string of the molecule is C=C(C[Si](c1ccccc1)(c1ccccc1)C(C)(C)C)C(C)O. The Labute approximate surface area is 141 Å². The topological polar surface area (TPSA) is 20.2 Å². The summed E-state index contributed by atoms with van der Waals surface area (Å²) in [5, 5.41) is 13.0. The van der Waals surface area contributed by atoms with Gasteiger partial charge in [0.2, 0.25) is 0 Å². The van der Waals surface area contributed by atoms with Gasteiger partial charge < -0.3 is 5.11 Å². The molecule has 2 aromatic carbocycles. The second-order valence-corrected chi connectivity index (χ2v) is 12.2. The summed E-state index contributed by atoms with van der Waals surface area (Å²) in [6.45, 7) is 13.0. The third kappa shape index (κ3) is 3.49. The van der Waals surface area contributed by atoms with Gasteiger partial charge in [0.25, 0.3) is 0 Å². The van der Waals surface area contributed by atoms with E-state index in [0.717, 1.165) is 11.6 Å². The molecule has 0 radical (unpaired) electrons. The number of aliphatic hydroxyl groups is 1. The first-order chi connectivity index (χ1) is 10.8. The van der Waals surface area contributed by atoms with Crippen molar-refractivity contribution in [3.63, 3.8) is 0 Å². The molecule has 1 atom stereocenters. The monoisotopic (exact) mass is 324 g/mol. The minimum atomic E-state index is -2.13. The highest BCUT2D eigenvalue weighted by Crippen LogP contribution is 2.40. The summed E-state index contributed by atoms with van der Waals surface area (Å²) < 4.78 is 0. The normalized spacial score (nSPS) is 13.6. The Hall–Kier alpha value is -1.64. The van der Waals surface area contributed by atoms with Crippen molar-refractivity contribution in [1.29, 1.82) is 0 Å². The number of benzene rings is 2. The summed E-state index contributed by atoms with van der Waals surface area (Å²) in [5.74, 6) is 0. The molecule has 0 saturated heterocycles. The number of hydrogen-bond acceptors (Lipinski definition) is 1. The van der Waals surface area contributed by atoms with Crippen molar-refractivity contribution in [3.05, 3.63) is 72.8 Å². The molecule has 1 nitrogen and oxygen atoms in total. The molecule has 23 heavy (non-hydrogen) atoms. The van der Waals surface area contributed by atoms with Crippen LogP contribution in [-0.4, -0.2) is 19.3 Å². The Morgan fingerprint density at radius 2 is 1.35 bits per heavy atom. The fourth-order valence-corrected chi connectivity index (χ4v) is 8.94. The van der Waals surface area contributed by atoms with Crippen LogP contribution in [0.3, 0.4) is 0 Å².